The minimum Gasteiger partial charge on any atom is -0.342 e. The fourth-order valence-corrected chi connectivity index (χ4v) is 2.74. The summed E-state index contributed by atoms with van der Waals surface area (Å²) in [6.45, 7) is 3.90. The summed E-state index contributed by atoms with van der Waals surface area (Å²) >= 11 is 3.02. The van der Waals surface area contributed by atoms with Gasteiger partial charge >= 0.3 is 0 Å². The maximum atomic E-state index is 11.8. The summed E-state index contributed by atoms with van der Waals surface area (Å²) in [4.78, 5) is 16.9. The summed E-state index contributed by atoms with van der Waals surface area (Å²) in [5.74, 6) is -0.0321. The van der Waals surface area contributed by atoms with Crippen LogP contribution in [0.3, 0.4) is 0 Å². The summed E-state index contributed by atoms with van der Waals surface area (Å²) in [7, 11) is 0. The van der Waals surface area contributed by atoms with Crippen molar-refractivity contribution in [3.05, 3.63) is 38.5 Å². The molecule has 1 atom stereocenters. The van der Waals surface area contributed by atoms with Crippen LogP contribution in [0.25, 0.3) is 0 Å². The van der Waals surface area contributed by atoms with Crippen LogP contribution in [0.2, 0.25) is 0 Å². The molecule has 5 heteroatoms. The van der Waals surface area contributed by atoms with E-state index in [2.05, 4.69) is 10.3 Å². The van der Waals surface area contributed by atoms with E-state index >= 15 is 0 Å². The number of aryl methyl sites for hydroxylation is 1. The largest absolute Gasteiger partial charge is 0.342 e. The van der Waals surface area contributed by atoms with Gasteiger partial charge in [-0.05, 0) is 25.3 Å². The zero-order valence-electron chi connectivity index (χ0n) is 9.06. The lowest BCUT2D eigenvalue weighted by Gasteiger charge is -2.09. The van der Waals surface area contributed by atoms with Gasteiger partial charge in [0.1, 0.15) is 5.01 Å². The molecule has 0 aliphatic heterocycles. The Morgan fingerprint density at radius 1 is 1.50 bits per heavy atom. The molecule has 2 heterocycles. The van der Waals surface area contributed by atoms with Crippen molar-refractivity contribution in [2.75, 3.05) is 0 Å². The van der Waals surface area contributed by atoms with Gasteiger partial charge in [-0.25, -0.2) is 4.98 Å². The molecular weight excluding hydrogens is 240 g/mol. The molecule has 0 aliphatic rings. The predicted molar refractivity (Wildman–Crippen MR) is 67.1 cm³/mol. The van der Waals surface area contributed by atoms with E-state index < -0.39 is 0 Å². The van der Waals surface area contributed by atoms with E-state index in [4.69, 9.17) is 0 Å². The number of carbonyl (C=O) groups is 1. The fraction of sp³-hybridized carbons (Fsp3) is 0.273. The predicted octanol–water partition coefficient (Wildman–Crippen LogP) is 3.00. The molecule has 0 spiro atoms. The molecule has 0 bridgehead atoms. The van der Waals surface area contributed by atoms with E-state index in [0.717, 1.165) is 15.6 Å². The molecule has 0 radical (unpaired) electrons. The number of nitrogens with zero attached hydrogens (tertiary/aromatic N) is 1. The monoisotopic (exact) mass is 252 g/mol. The molecule has 1 N–H and O–H groups in total. The molecule has 0 aliphatic carbocycles. The Morgan fingerprint density at radius 2 is 2.31 bits per heavy atom. The Kier molecular flexibility index (Phi) is 3.36. The lowest BCUT2D eigenvalue weighted by atomic mass is 10.3. The highest BCUT2D eigenvalue weighted by atomic mass is 32.1. The number of amides is 1. The molecule has 1 unspecified atom stereocenters. The second-order valence-corrected chi connectivity index (χ2v) is 5.34. The third-order valence-corrected chi connectivity index (χ3v) is 4.11. The van der Waals surface area contributed by atoms with E-state index in [9.17, 15) is 4.79 Å². The van der Waals surface area contributed by atoms with Crippen LogP contribution < -0.4 is 5.32 Å². The molecule has 2 aromatic heterocycles. The first-order valence-corrected chi connectivity index (χ1v) is 6.69. The van der Waals surface area contributed by atoms with E-state index in [0.29, 0.717) is 0 Å². The molecule has 0 aromatic carbocycles. The highest BCUT2D eigenvalue weighted by molar-refractivity contribution is 7.12. The topological polar surface area (TPSA) is 42.0 Å². The van der Waals surface area contributed by atoms with Crippen molar-refractivity contribution < 1.29 is 4.79 Å². The normalized spacial score (nSPS) is 12.4. The van der Waals surface area contributed by atoms with Crippen LogP contribution in [-0.2, 0) is 0 Å². The van der Waals surface area contributed by atoms with Crippen LogP contribution in [0.1, 0.15) is 33.3 Å². The minimum atomic E-state index is -0.0340. The van der Waals surface area contributed by atoms with Gasteiger partial charge in [0.15, 0.2) is 0 Å². The Balaban J connectivity index is 2.03. The van der Waals surface area contributed by atoms with Crippen molar-refractivity contribution in [1.29, 1.82) is 0 Å². The third-order valence-electron chi connectivity index (χ3n) is 2.10. The molecule has 0 saturated heterocycles. The van der Waals surface area contributed by atoms with Crippen molar-refractivity contribution in [3.8, 4) is 0 Å². The fourth-order valence-electron chi connectivity index (χ4n) is 1.31. The molecule has 0 saturated carbocycles. The van der Waals surface area contributed by atoms with Crippen LogP contribution in [0, 0.1) is 6.92 Å². The Labute approximate surface area is 102 Å². The second kappa shape index (κ2) is 4.76. The van der Waals surface area contributed by atoms with E-state index in [1.807, 2.05) is 36.7 Å². The number of hydrogen-bond donors (Lipinski definition) is 1. The highest BCUT2D eigenvalue weighted by Crippen LogP contribution is 2.18. The lowest BCUT2D eigenvalue weighted by molar-refractivity contribution is 0.0944. The Bertz CT molecular complexity index is 476. The number of hydrogen-bond acceptors (Lipinski definition) is 4. The summed E-state index contributed by atoms with van der Waals surface area (Å²) < 4.78 is 0. The molecular formula is C11H12N2OS2. The summed E-state index contributed by atoms with van der Waals surface area (Å²) in [5.41, 5.74) is 0.997. The molecule has 16 heavy (non-hydrogen) atoms. The zero-order valence-corrected chi connectivity index (χ0v) is 10.7. The van der Waals surface area contributed by atoms with Gasteiger partial charge in [0.25, 0.3) is 5.91 Å². The van der Waals surface area contributed by atoms with E-state index in [1.165, 1.54) is 11.3 Å². The Hall–Kier alpha value is -1.20. The molecule has 84 valence electrons. The van der Waals surface area contributed by atoms with Crippen LogP contribution in [-0.4, -0.2) is 10.9 Å². The minimum absolute atomic E-state index is 0.0321. The van der Waals surface area contributed by atoms with Gasteiger partial charge in [-0.1, -0.05) is 6.07 Å². The summed E-state index contributed by atoms with van der Waals surface area (Å²) in [6, 6.07) is 3.66. The Morgan fingerprint density at radius 3 is 2.88 bits per heavy atom. The van der Waals surface area contributed by atoms with E-state index in [-0.39, 0.29) is 11.9 Å². The maximum absolute atomic E-state index is 11.8. The number of rotatable bonds is 3. The first-order valence-electron chi connectivity index (χ1n) is 4.93. The van der Waals surface area contributed by atoms with Gasteiger partial charge in [-0.3, -0.25) is 4.79 Å². The number of thiazole rings is 1. The van der Waals surface area contributed by atoms with Gasteiger partial charge in [-0.15, -0.1) is 22.7 Å². The standard InChI is InChI=1S/C11H12N2OS2/c1-7-6-16-11(12-7)8(2)13-10(14)9-4-3-5-15-9/h3-6,8H,1-2H3,(H,13,14). The quantitative estimate of drug-likeness (QED) is 0.912. The number of thiophene rings is 1. The van der Waals surface area contributed by atoms with E-state index in [1.54, 1.807) is 11.3 Å². The smallest absolute Gasteiger partial charge is 0.261 e. The summed E-state index contributed by atoms with van der Waals surface area (Å²) in [6.07, 6.45) is 0. The molecule has 0 fully saturated rings. The van der Waals surface area contributed by atoms with Crippen LogP contribution >= 0.6 is 22.7 Å². The van der Waals surface area contributed by atoms with Crippen molar-refractivity contribution in [1.82, 2.24) is 10.3 Å². The maximum Gasteiger partial charge on any atom is 0.261 e. The molecule has 2 aromatic rings. The van der Waals surface area contributed by atoms with Crippen molar-refractivity contribution >= 4 is 28.6 Å². The van der Waals surface area contributed by atoms with Crippen molar-refractivity contribution in [2.45, 2.75) is 19.9 Å². The molecule has 1 amide bonds. The SMILES string of the molecule is Cc1csc(C(C)NC(=O)c2cccs2)n1. The molecule has 3 nitrogen and oxygen atoms in total. The second-order valence-electron chi connectivity index (χ2n) is 3.50. The van der Waals surface area contributed by atoms with Crippen LogP contribution in [0.15, 0.2) is 22.9 Å². The van der Waals surface area contributed by atoms with Gasteiger partial charge in [0.05, 0.1) is 10.9 Å². The molecule has 2 rings (SSSR count). The van der Waals surface area contributed by atoms with Crippen LogP contribution in [0.5, 0.6) is 0 Å². The summed E-state index contributed by atoms with van der Waals surface area (Å²) in [5, 5.41) is 7.76. The number of carbonyl (C=O) groups excluding carboxylic acids is 1. The van der Waals surface area contributed by atoms with Crippen LogP contribution in [0.4, 0.5) is 0 Å². The third kappa shape index (κ3) is 2.48. The highest BCUT2D eigenvalue weighted by Gasteiger charge is 2.14. The van der Waals surface area contributed by atoms with Gasteiger partial charge < -0.3 is 5.32 Å². The lowest BCUT2D eigenvalue weighted by Crippen LogP contribution is -2.25. The van der Waals surface area contributed by atoms with Crippen molar-refractivity contribution in [2.24, 2.45) is 0 Å². The first kappa shape index (κ1) is 11.3. The average molecular weight is 252 g/mol. The van der Waals surface area contributed by atoms with Gasteiger partial charge in [-0.2, -0.15) is 0 Å². The number of aromatic nitrogens is 1. The zero-order chi connectivity index (χ0) is 11.5. The van der Waals surface area contributed by atoms with Crippen molar-refractivity contribution in [3.63, 3.8) is 0 Å². The number of nitrogens with one attached hydrogen (secondary N) is 1. The van der Waals surface area contributed by atoms with Gasteiger partial charge in [0, 0.05) is 11.1 Å². The first-order chi connectivity index (χ1) is 7.66. The van der Waals surface area contributed by atoms with Gasteiger partial charge in [0.2, 0.25) is 0 Å². The average Bonchev–Trinajstić information content (AvgIpc) is 2.87.